The smallest absolute Gasteiger partial charge is 0.248 e. The van der Waals surface area contributed by atoms with Crippen LogP contribution in [0.5, 0.6) is 0 Å². The molecule has 0 radical (unpaired) electrons. The molecule has 0 aromatic carbocycles. The molecule has 0 aromatic heterocycles. The van der Waals surface area contributed by atoms with Crippen molar-refractivity contribution in [3.63, 3.8) is 0 Å². The van der Waals surface area contributed by atoms with E-state index in [0.29, 0.717) is 6.04 Å². The maximum atomic E-state index is 11.9. The van der Waals surface area contributed by atoms with Crippen molar-refractivity contribution in [3.05, 3.63) is 0 Å². The molecule has 2 N–H and O–H groups in total. The molecule has 2 saturated carbocycles. The minimum atomic E-state index is 0.147. The first-order chi connectivity index (χ1) is 8.20. The highest BCUT2D eigenvalue weighted by molar-refractivity contribution is 5.78. The minimum absolute atomic E-state index is 0.147. The summed E-state index contributed by atoms with van der Waals surface area (Å²) in [6, 6.07) is 0.749. The number of nitrogens with two attached hydrogens (primary N) is 1. The fourth-order valence-corrected chi connectivity index (χ4v) is 2.63. The van der Waals surface area contributed by atoms with E-state index in [1.165, 1.54) is 0 Å². The fraction of sp³-hybridized carbons (Fsp3) is 0.923. The Hall–Kier alpha value is -0.610. The lowest BCUT2D eigenvalue weighted by Crippen LogP contribution is -2.38. The quantitative estimate of drug-likeness (QED) is 0.787. The molecule has 0 aromatic rings. The highest BCUT2D eigenvalue weighted by atomic mass is 16.5. The van der Waals surface area contributed by atoms with Gasteiger partial charge in [-0.1, -0.05) is 0 Å². The molecule has 0 aliphatic heterocycles. The van der Waals surface area contributed by atoms with Crippen LogP contribution in [-0.2, 0) is 9.53 Å². The molecule has 1 amide bonds. The Bertz CT molecular complexity index is 266. The Morgan fingerprint density at radius 2 is 2.12 bits per heavy atom. The van der Waals surface area contributed by atoms with E-state index in [2.05, 4.69) is 0 Å². The summed E-state index contributed by atoms with van der Waals surface area (Å²) in [7, 11) is 0. The van der Waals surface area contributed by atoms with E-state index >= 15 is 0 Å². The molecular formula is C13H24N2O2. The van der Waals surface area contributed by atoms with E-state index in [4.69, 9.17) is 10.5 Å². The molecule has 2 rings (SSSR count). The van der Waals surface area contributed by atoms with Crippen LogP contribution in [-0.4, -0.2) is 42.1 Å². The zero-order valence-electron chi connectivity index (χ0n) is 10.7. The summed E-state index contributed by atoms with van der Waals surface area (Å²) in [5, 5.41) is 0. The number of hydrogen-bond donors (Lipinski definition) is 1. The second kappa shape index (κ2) is 5.83. The second-order valence-corrected chi connectivity index (χ2v) is 5.27. The van der Waals surface area contributed by atoms with Crippen LogP contribution in [0.25, 0.3) is 0 Å². The summed E-state index contributed by atoms with van der Waals surface area (Å²) in [5.41, 5.74) is 5.90. The summed E-state index contributed by atoms with van der Waals surface area (Å²) < 4.78 is 5.70. The Kier molecular flexibility index (Phi) is 4.40. The van der Waals surface area contributed by atoms with Gasteiger partial charge >= 0.3 is 0 Å². The molecule has 0 saturated heterocycles. The molecule has 2 fully saturated rings. The van der Waals surface area contributed by atoms with Gasteiger partial charge in [0.1, 0.15) is 6.61 Å². The van der Waals surface area contributed by atoms with Crippen molar-refractivity contribution in [1.29, 1.82) is 0 Å². The third-order valence-electron chi connectivity index (χ3n) is 3.76. The van der Waals surface area contributed by atoms with Crippen molar-refractivity contribution in [1.82, 2.24) is 4.90 Å². The van der Waals surface area contributed by atoms with Crippen LogP contribution in [0.1, 0.15) is 45.4 Å². The molecule has 0 bridgehead atoms. The molecule has 2 aliphatic rings. The van der Waals surface area contributed by atoms with Crippen molar-refractivity contribution in [3.8, 4) is 0 Å². The average Bonchev–Trinajstić information content (AvgIpc) is 3.12. The second-order valence-electron chi connectivity index (χ2n) is 5.27. The average molecular weight is 240 g/mol. The van der Waals surface area contributed by atoms with Crippen LogP contribution in [0.2, 0.25) is 0 Å². The van der Waals surface area contributed by atoms with E-state index in [1.807, 2.05) is 11.8 Å². The molecule has 0 spiro atoms. The summed E-state index contributed by atoms with van der Waals surface area (Å²) >= 11 is 0. The Balaban J connectivity index is 1.71. The van der Waals surface area contributed by atoms with Gasteiger partial charge in [-0.3, -0.25) is 4.79 Å². The number of hydrogen-bond acceptors (Lipinski definition) is 3. The lowest BCUT2D eigenvalue weighted by atomic mass is 9.94. The van der Waals surface area contributed by atoms with Crippen LogP contribution in [0.4, 0.5) is 0 Å². The molecule has 0 heterocycles. The van der Waals surface area contributed by atoms with Gasteiger partial charge in [-0.05, 0) is 45.4 Å². The number of amides is 1. The number of rotatable bonds is 5. The highest BCUT2D eigenvalue weighted by Gasteiger charge is 2.31. The Labute approximate surface area is 103 Å². The summed E-state index contributed by atoms with van der Waals surface area (Å²) in [6.07, 6.45) is 6.69. The third-order valence-corrected chi connectivity index (χ3v) is 3.76. The van der Waals surface area contributed by atoms with Crippen molar-refractivity contribution in [2.75, 3.05) is 13.2 Å². The summed E-state index contributed by atoms with van der Waals surface area (Å²) in [4.78, 5) is 13.9. The van der Waals surface area contributed by atoms with E-state index in [0.717, 1.165) is 45.1 Å². The topological polar surface area (TPSA) is 55.6 Å². The number of nitrogens with zero attached hydrogens (tertiary/aromatic N) is 1. The van der Waals surface area contributed by atoms with Gasteiger partial charge in [0.2, 0.25) is 5.91 Å². The predicted molar refractivity (Wildman–Crippen MR) is 66.6 cm³/mol. The van der Waals surface area contributed by atoms with E-state index in [1.54, 1.807) is 0 Å². The normalized spacial score (nSPS) is 29.1. The molecule has 17 heavy (non-hydrogen) atoms. The SMILES string of the molecule is CCN(C(=O)COC1CCCC(N)C1)C1CC1. The molecule has 2 atom stereocenters. The van der Waals surface area contributed by atoms with E-state index in [9.17, 15) is 4.79 Å². The van der Waals surface area contributed by atoms with Crippen LogP contribution in [0.3, 0.4) is 0 Å². The molecule has 2 unspecified atom stereocenters. The van der Waals surface area contributed by atoms with E-state index < -0.39 is 0 Å². The third kappa shape index (κ3) is 3.68. The van der Waals surface area contributed by atoms with Crippen molar-refractivity contribution >= 4 is 5.91 Å². The monoisotopic (exact) mass is 240 g/mol. The lowest BCUT2D eigenvalue weighted by Gasteiger charge is -2.28. The number of ether oxygens (including phenoxy) is 1. The van der Waals surface area contributed by atoms with Gasteiger partial charge in [-0.2, -0.15) is 0 Å². The van der Waals surface area contributed by atoms with Gasteiger partial charge in [0.25, 0.3) is 0 Å². The van der Waals surface area contributed by atoms with Crippen LogP contribution < -0.4 is 5.73 Å². The van der Waals surface area contributed by atoms with Crippen molar-refractivity contribution < 1.29 is 9.53 Å². The highest BCUT2D eigenvalue weighted by Crippen LogP contribution is 2.27. The zero-order chi connectivity index (χ0) is 12.3. The standard InChI is InChI=1S/C13H24N2O2/c1-2-15(11-6-7-11)13(16)9-17-12-5-3-4-10(14)8-12/h10-12H,2-9,14H2,1H3. The van der Waals surface area contributed by atoms with Gasteiger partial charge < -0.3 is 15.4 Å². The van der Waals surface area contributed by atoms with Crippen LogP contribution in [0, 0.1) is 0 Å². The van der Waals surface area contributed by atoms with Gasteiger partial charge in [0, 0.05) is 18.6 Å². The minimum Gasteiger partial charge on any atom is -0.368 e. The van der Waals surface area contributed by atoms with Gasteiger partial charge in [-0.15, -0.1) is 0 Å². The first kappa shape index (κ1) is 12.8. The molecule has 4 heteroatoms. The largest absolute Gasteiger partial charge is 0.368 e. The first-order valence-corrected chi connectivity index (χ1v) is 6.87. The summed E-state index contributed by atoms with van der Waals surface area (Å²) in [5.74, 6) is 0.147. The maximum absolute atomic E-state index is 11.9. The zero-order valence-corrected chi connectivity index (χ0v) is 10.7. The first-order valence-electron chi connectivity index (χ1n) is 6.87. The van der Waals surface area contributed by atoms with Gasteiger partial charge in [-0.25, -0.2) is 0 Å². The molecular weight excluding hydrogens is 216 g/mol. The van der Waals surface area contributed by atoms with Crippen LogP contribution in [0.15, 0.2) is 0 Å². The van der Waals surface area contributed by atoms with Crippen molar-refractivity contribution in [2.24, 2.45) is 5.73 Å². The Morgan fingerprint density at radius 3 is 2.71 bits per heavy atom. The lowest BCUT2D eigenvalue weighted by molar-refractivity contribution is -0.139. The van der Waals surface area contributed by atoms with Crippen LogP contribution >= 0.6 is 0 Å². The van der Waals surface area contributed by atoms with E-state index in [-0.39, 0.29) is 24.7 Å². The fourth-order valence-electron chi connectivity index (χ4n) is 2.63. The molecule has 98 valence electrons. The van der Waals surface area contributed by atoms with Crippen molar-refractivity contribution in [2.45, 2.75) is 63.6 Å². The predicted octanol–water partition coefficient (Wildman–Crippen LogP) is 1.28. The van der Waals surface area contributed by atoms with Gasteiger partial charge in [0.15, 0.2) is 0 Å². The molecule has 4 nitrogen and oxygen atoms in total. The number of carbonyl (C=O) groups is 1. The van der Waals surface area contributed by atoms with Gasteiger partial charge in [0.05, 0.1) is 6.10 Å². The summed E-state index contributed by atoms with van der Waals surface area (Å²) in [6.45, 7) is 3.07. The molecule has 2 aliphatic carbocycles. The maximum Gasteiger partial charge on any atom is 0.248 e. The number of carbonyl (C=O) groups excluding carboxylic acids is 1. The Morgan fingerprint density at radius 1 is 1.35 bits per heavy atom. The number of likely N-dealkylation sites (N-methyl/N-ethyl adjacent to an activating group) is 1.